The molecule has 2 rings (SSSR count). The number of nitrogens with one attached hydrogen (secondary N) is 1. The topological polar surface area (TPSA) is 29.1 Å². The van der Waals surface area contributed by atoms with E-state index < -0.39 is 0 Å². The summed E-state index contributed by atoms with van der Waals surface area (Å²) in [5, 5.41) is 3.50. The maximum atomic E-state index is 11.9. The molecule has 2 nitrogen and oxygen atoms in total. The van der Waals surface area contributed by atoms with Gasteiger partial charge in [0.15, 0.2) is 0 Å². The van der Waals surface area contributed by atoms with Crippen LogP contribution < -0.4 is 5.32 Å². The van der Waals surface area contributed by atoms with Gasteiger partial charge in [0, 0.05) is 16.8 Å². The van der Waals surface area contributed by atoms with Crippen molar-refractivity contribution < 1.29 is 4.79 Å². The Balaban J connectivity index is 2.03. The van der Waals surface area contributed by atoms with Crippen LogP contribution in [0.25, 0.3) is 6.08 Å². The van der Waals surface area contributed by atoms with E-state index in [1.165, 1.54) is 11.6 Å². The molecule has 2 aromatic carbocycles. The standard InChI is InChI=1S/C17H16ClNO/c1-12-3-5-14(6-4-12)7-10-17(20)19-16-9-8-15(18)11-13(16)2/h3-11H,1-2H3,(H,19,20). The van der Waals surface area contributed by atoms with Crippen molar-refractivity contribution in [2.75, 3.05) is 5.32 Å². The lowest BCUT2D eigenvalue weighted by atomic mass is 10.1. The Morgan fingerprint density at radius 1 is 1.10 bits per heavy atom. The second-order valence-electron chi connectivity index (χ2n) is 4.69. The molecule has 102 valence electrons. The van der Waals surface area contributed by atoms with Gasteiger partial charge in [-0.05, 0) is 49.2 Å². The van der Waals surface area contributed by atoms with Crippen LogP contribution in [0.4, 0.5) is 5.69 Å². The zero-order valence-electron chi connectivity index (χ0n) is 11.5. The van der Waals surface area contributed by atoms with Crippen molar-refractivity contribution >= 4 is 29.3 Å². The molecule has 0 radical (unpaired) electrons. The quantitative estimate of drug-likeness (QED) is 0.820. The fourth-order valence-corrected chi connectivity index (χ4v) is 2.02. The van der Waals surface area contributed by atoms with E-state index in [4.69, 9.17) is 11.6 Å². The van der Waals surface area contributed by atoms with E-state index in [1.807, 2.05) is 44.2 Å². The summed E-state index contributed by atoms with van der Waals surface area (Å²) in [5.41, 5.74) is 3.91. The van der Waals surface area contributed by atoms with Gasteiger partial charge in [-0.2, -0.15) is 0 Å². The first-order chi connectivity index (χ1) is 9.54. The Kier molecular flexibility index (Phi) is 4.59. The van der Waals surface area contributed by atoms with Crippen molar-refractivity contribution in [3.63, 3.8) is 0 Å². The number of amides is 1. The number of hydrogen-bond donors (Lipinski definition) is 1. The number of anilines is 1. The van der Waals surface area contributed by atoms with E-state index in [-0.39, 0.29) is 5.91 Å². The lowest BCUT2D eigenvalue weighted by Crippen LogP contribution is -2.08. The Labute approximate surface area is 124 Å². The van der Waals surface area contributed by atoms with Crippen LogP contribution in [0.1, 0.15) is 16.7 Å². The third kappa shape index (κ3) is 3.97. The number of carbonyl (C=O) groups excluding carboxylic acids is 1. The molecule has 0 heterocycles. The van der Waals surface area contributed by atoms with Crippen LogP contribution >= 0.6 is 11.6 Å². The lowest BCUT2D eigenvalue weighted by molar-refractivity contribution is -0.111. The molecule has 0 atom stereocenters. The van der Waals surface area contributed by atoms with E-state index in [0.29, 0.717) is 5.02 Å². The van der Waals surface area contributed by atoms with E-state index in [2.05, 4.69) is 5.32 Å². The summed E-state index contributed by atoms with van der Waals surface area (Å²) in [7, 11) is 0. The van der Waals surface area contributed by atoms with Crippen molar-refractivity contribution in [3.8, 4) is 0 Å². The highest BCUT2D eigenvalue weighted by molar-refractivity contribution is 6.30. The molecule has 0 aliphatic heterocycles. The van der Waals surface area contributed by atoms with E-state index in [0.717, 1.165) is 16.8 Å². The summed E-state index contributed by atoms with van der Waals surface area (Å²) in [6.45, 7) is 3.94. The van der Waals surface area contributed by atoms with Crippen molar-refractivity contribution in [1.29, 1.82) is 0 Å². The van der Waals surface area contributed by atoms with E-state index in [9.17, 15) is 4.79 Å². The molecule has 0 aliphatic carbocycles. The molecule has 0 saturated carbocycles. The van der Waals surface area contributed by atoms with Gasteiger partial charge in [-0.1, -0.05) is 41.4 Å². The third-order valence-corrected chi connectivity index (χ3v) is 3.19. The van der Waals surface area contributed by atoms with Crippen molar-refractivity contribution in [1.82, 2.24) is 0 Å². The highest BCUT2D eigenvalue weighted by Gasteiger charge is 2.02. The largest absolute Gasteiger partial charge is 0.322 e. The first-order valence-electron chi connectivity index (χ1n) is 6.36. The van der Waals surface area contributed by atoms with Crippen LogP contribution in [0.2, 0.25) is 5.02 Å². The van der Waals surface area contributed by atoms with Crippen LogP contribution in [0.15, 0.2) is 48.5 Å². The SMILES string of the molecule is Cc1ccc(C=CC(=O)Nc2ccc(Cl)cc2C)cc1. The van der Waals surface area contributed by atoms with Crippen LogP contribution in [0, 0.1) is 13.8 Å². The number of hydrogen-bond acceptors (Lipinski definition) is 1. The molecule has 0 fully saturated rings. The minimum absolute atomic E-state index is 0.156. The van der Waals surface area contributed by atoms with E-state index in [1.54, 1.807) is 18.2 Å². The lowest BCUT2D eigenvalue weighted by Gasteiger charge is -2.06. The smallest absolute Gasteiger partial charge is 0.248 e. The Morgan fingerprint density at radius 3 is 2.45 bits per heavy atom. The Bertz CT molecular complexity index is 645. The Hall–Kier alpha value is -2.06. The van der Waals surface area contributed by atoms with Gasteiger partial charge in [-0.15, -0.1) is 0 Å². The van der Waals surface area contributed by atoms with Crippen molar-refractivity contribution in [3.05, 3.63) is 70.3 Å². The number of halogens is 1. The summed E-state index contributed by atoms with van der Waals surface area (Å²) in [6.07, 6.45) is 3.32. The molecule has 0 aliphatic rings. The number of benzene rings is 2. The van der Waals surface area contributed by atoms with Gasteiger partial charge in [0.2, 0.25) is 5.91 Å². The zero-order valence-corrected chi connectivity index (χ0v) is 12.2. The second kappa shape index (κ2) is 6.40. The molecule has 0 saturated heterocycles. The van der Waals surface area contributed by atoms with Crippen molar-refractivity contribution in [2.24, 2.45) is 0 Å². The fraction of sp³-hybridized carbons (Fsp3) is 0.118. The van der Waals surface area contributed by atoms with Crippen LogP contribution in [-0.4, -0.2) is 5.91 Å². The minimum atomic E-state index is -0.156. The molecule has 1 amide bonds. The molecule has 0 bridgehead atoms. The maximum Gasteiger partial charge on any atom is 0.248 e. The first-order valence-corrected chi connectivity index (χ1v) is 6.74. The van der Waals surface area contributed by atoms with Crippen LogP contribution in [0.5, 0.6) is 0 Å². The molecule has 20 heavy (non-hydrogen) atoms. The average molecular weight is 286 g/mol. The molecule has 1 N–H and O–H groups in total. The maximum absolute atomic E-state index is 11.9. The summed E-state index contributed by atoms with van der Waals surface area (Å²) >= 11 is 5.88. The molecular formula is C17H16ClNO. The molecule has 0 aromatic heterocycles. The first kappa shape index (κ1) is 14.4. The fourth-order valence-electron chi connectivity index (χ4n) is 1.79. The van der Waals surface area contributed by atoms with Crippen LogP contribution in [0.3, 0.4) is 0 Å². The molecule has 0 unspecified atom stereocenters. The summed E-state index contributed by atoms with van der Waals surface area (Å²) in [5.74, 6) is -0.156. The normalized spacial score (nSPS) is 10.8. The van der Waals surface area contributed by atoms with Gasteiger partial charge in [0.25, 0.3) is 0 Å². The predicted octanol–water partition coefficient (Wildman–Crippen LogP) is 4.61. The predicted molar refractivity (Wildman–Crippen MR) is 85.0 cm³/mol. The summed E-state index contributed by atoms with van der Waals surface area (Å²) < 4.78 is 0. The molecule has 3 heteroatoms. The van der Waals surface area contributed by atoms with Crippen molar-refractivity contribution in [2.45, 2.75) is 13.8 Å². The zero-order chi connectivity index (χ0) is 14.5. The number of rotatable bonds is 3. The number of aryl methyl sites for hydroxylation is 2. The number of carbonyl (C=O) groups is 1. The van der Waals surface area contributed by atoms with Gasteiger partial charge in [-0.25, -0.2) is 0 Å². The highest BCUT2D eigenvalue weighted by Crippen LogP contribution is 2.19. The van der Waals surface area contributed by atoms with Gasteiger partial charge < -0.3 is 5.32 Å². The highest BCUT2D eigenvalue weighted by atomic mass is 35.5. The molecular weight excluding hydrogens is 270 g/mol. The van der Waals surface area contributed by atoms with Gasteiger partial charge in [0.05, 0.1) is 0 Å². The average Bonchev–Trinajstić information content (AvgIpc) is 2.41. The second-order valence-corrected chi connectivity index (χ2v) is 5.13. The van der Waals surface area contributed by atoms with Gasteiger partial charge in [0.1, 0.15) is 0 Å². The monoisotopic (exact) mass is 285 g/mol. The summed E-state index contributed by atoms with van der Waals surface area (Å²) in [6, 6.07) is 13.4. The molecule has 0 spiro atoms. The van der Waals surface area contributed by atoms with Gasteiger partial charge in [-0.3, -0.25) is 4.79 Å². The van der Waals surface area contributed by atoms with Gasteiger partial charge >= 0.3 is 0 Å². The van der Waals surface area contributed by atoms with Crippen LogP contribution in [-0.2, 0) is 4.79 Å². The summed E-state index contributed by atoms with van der Waals surface area (Å²) in [4.78, 5) is 11.9. The minimum Gasteiger partial charge on any atom is -0.322 e. The Morgan fingerprint density at radius 2 is 1.80 bits per heavy atom. The molecule has 2 aromatic rings. The third-order valence-electron chi connectivity index (χ3n) is 2.95. The van der Waals surface area contributed by atoms with E-state index >= 15 is 0 Å².